The first-order chi connectivity index (χ1) is 10.6. The summed E-state index contributed by atoms with van der Waals surface area (Å²) in [7, 11) is 0. The van der Waals surface area contributed by atoms with Gasteiger partial charge in [0.1, 0.15) is 5.82 Å². The molecule has 0 spiro atoms. The van der Waals surface area contributed by atoms with Crippen LogP contribution in [0, 0.1) is 5.82 Å². The number of amides is 1. The van der Waals surface area contributed by atoms with Gasteiger partial charge >= 0.3 is 0 Å². The molecule has 2 rings (SSSR count). The fourth-order valence-corrected chi connectivity index (χ4v) is 2.92. The first-order valence-electron chi connectivity index (χ1n) is 7.27. The number of carbonyl (C=O) groups excluding carboxylic acids is 1. The number of carbonyl (C=O) groups is 1. The highest BCUT2D eigenvalue weighted by atomic mass is 32.2. The Morgan fingerprint density at radius 3 is 2.55 bits per heavy atom. The van der Waals surface area contributed by atoms with E-state index in [0.717, 1.165) is 11.3 Å². The normalized spacial score (nSPS) is 13.4. The van der Waals surface area contributed by atoms with Gasteiger partial charge in [0, 0.05) is 5.75 Å². The van der Waals surface area contributed by atoms with E-state index in [4.69, 9.17) is 0 Å². The van der Waals surface area contributed by atoms with Crippen molar-refractivity contribution in [2.75, 3.05) is 0 Å². The molecule has 0 radical (unpaired) electrons. The van der Waals surface area contributed by atoms with Crippen molar-refractivity contribution in [3.05, 3.63) is 71.5 Å². The summed E-state index contributed by atoms with van der Waals surface area (Å²) in [4.78, 5) is 12.2. The molecule has 0 aliphatic carbocycles. The van der Waals surface area contributed by atoms with Crippen LogP contribution in [0.25, 0.3) is 0 Å². The predicted octanol–water partition coefficient (Wildman–Crippen LogP) is 4.32. The zero-order valence-corrected chi connectivity index (χ0v) is 13.6. The first-order valence-corrected chi connectivity index (χ1v) is 8.32. The van der Waals surface area contributed by atoms with Gasteiger partial charge in [0.25, 0.3) is 0 Å². The summed E-state index contributed by atoms with van der Waals surface area (Å²) in [5.41, 5.74) is 1.97. The van der Waals surface area contributed by atoms with Gasteiger partial charge in [0.2, 0.25) is 5.91 Å². The summed E-state index contributed by atoms with van der Waals surface area (Å²) < 4.78 is 13.2. The second-order valence-corrected chi connectivity index (χ2v) is 6.55. The van der Waals surface area contributed by atoms with Crippen LogP contribution >= 0.6 is 11.8 Å². The van der Waals surface area contributed by atoms with Crippen molar-refractivity contribution >= 4 is 17.7 Å². The average Bonchev–Trinajstić information content (AvgIpc) is 2.53. The molecule has 0 saturated heterocycles. The van der Waals surface area contributed by atoms with Gasteiger partial charge < -0.3 is 5.32 Å². The molecule has 2 nitrogen and oxygen atoms in total. The van der Waals surface area contributed by atoms with Crippen LogP contribution in [0.3, 0.4) is 0 Å². The lowest BCUT2D eigenvalue weighted by atomic mass is 10.1. The van der Waals surface area contributed by atoms with Crippen LogP contribution in [0.1, 0.15) is 31.0 Å². The molecule has 0 fully saturated rings. The second-order valence-electron chi connectivity index (χ2n) is 5.22. The number of hydrogen-bond donors (Lipinski definition) is 1. The standard InChI is InChI=1S/C18H20FNOS/c1-13(16-9-6-10-17(19)11-16)20-18(21)14(2)22-12-15-7-4-3-5-8-15/h3-11,13-14H,12H2,1-2H3,(H,20,21)/t13-,14+/m1/s1. The summed E-state index contributed by atoms with van der Waals surface area (Å²) in [5, 5.41) is 2.78. The summed E-state index contributed by atoms with van der Waals surface area (Å²) >= 11 is 1.59. The van der Waals surface area contributed by atoms with Gasteiger partial charge in [-0.3, -0.25) is 4.79 Å². The van der Waals surface area contributed by atoms with Crippen molar-refractivity contribution in [2.45, 2.75) is 30.9 Å². The molecule has 0 saturated carbocycles. The second kappa shape index (κ2) is 7.99. The maximum absolute atomic E-state index is 13.2. The van der Waals surface area contributed by atoms with Crippen molar-refractivity contribution in [3.8, 4) is 0 Å². The maximum atomic E-state index is 13.2. The predicted molar refractivity (Wildman–Crippen MR) is 90.2 cm³/mol. The Labute approximate surface area is 135 Å². The van der Waals surface area contributed by atoms with Gasteiger partial charge in [-0.25, -0.2) is 4.39 Å². The Morgan fingerprint density at radius 1 is 1.14 bits per heavy atom. The Morgan fingerprint density at radius 2 is 1.86 bits per heavy atom. The average molecular weight is 317 g/mol. The third kappa shape index (κ3) is 4.88. The van der Waals surface area contributed by atoms with Crippen molar-refractivity contribution in [1.82, 2.24) is 5.32 Å². The number of hydrogen-bond acceptors (Lipinski definition) is 2. The van der Waals surface area contributed by atoms with E-state index < -0.39 is 0 Å². The smallest absolute Gasteiger partial charge is 0.233 e. The molecule has 1 amide bonds. The summed E-state index contributed by atoms with van der Waals surface area (Å²) in [6, 6.07) is 16.2. The van der Waals surface area contributed by atoms with E-state index in [2.05, 4.69) is 5.32 Å². The van der Waals surface area contributed by atoms with E-state index in [1.54, 1.807) is 17.8 Å². The van der Waals surface area contributed by atoms with E-state index >= 15 is 0 Å². The van der Waals surface area contributed by atoms with Crippen LogP contribution < -0.4 is 5.32 Å². The molecular weight excluding hydrogens is 297 g/mol. The highest BCUT2D eigenvalue weighted by Crippen LogP contribution is 2.19. The number of halogens is 1. The molecule has 0 aliphatic rings. The third-order valence-corrected chi connectivity index (χ3v) is 4.63. The summed E-state index contributed by atoms with van der Waals surface area (Å²) in [6.45, 7) is 3.75. The minimum atomic E-state index is -0.287. The van der Waals surface area contributed by atoms with Crippen molar-refractivity contribution < 1.29 is 9.18 Å². The van der Waals surface area contributed by atoms with E-state index in [1.165, 1.54) is 17.7 Å². The molecule has 1 N–H and O–H groups in total. The SMILES string of the molecule is C[C@H](SCc1ccccc1)C(=O)N[C@H](C)c1cccc(F)c1. The molecule has 2 aromatic carbocycles. The highest BCUT2D eigenvalue weighted by molar-refractivity contribution is 7.99. The largest absolute Gasteiger partial charge is 0.349 e. The first kappa shape index (κ1) is 16.6. The molecule has 0 unspecified atom stereocenters. The Hall–Kier alpha value is -1.81. The van der Waals surface area contributed by atoms with Crippen molar-refractivity contribution in [1.29, 1.82) is 0 Å². The van der Waals surface area contributed by atoms with Gasteiger partial charge in [0.05, 0.1) is 11.3 Å². The van der Waals surface area contributed by atoms with Gasteiger partial charge in [-0.15, -0.1) is 11.8 Å². The summed E-state index contributed by atoms with van der Waals surface area (Å²) in [6.07, 6.45) is 0. The van der Waals surface area contributed by atoms with Gasteiger partial charge in [0.15, 0.2) is 0 Å². The molecular formula is C18H20FNOS. The van der Waals surface area contributed by atoms with Crippen LogP contribution in [0.2, 0.25) is 0 Å². The Kier molecular flexibility index (Phi) is 6.01. The summed E-state index contributed by atoms with van der Waals surface area (Å²) in [5.74, 6) is 0.479. The van der Waals surface area contributed by atoms with Crippen LogP contribution in [-0.4, -0.2) is 11.2 Å². The molecule has 0 heterocycles. The lowest BCUT2D eigenvalue weighted by Crippen LogP contribution is -2.33. The molecule has 2 atom stereocenters. The number of rotatable bonds is 6. The molecule has 2 aromatic rings. The Bertz CT molecular complexity index is 617. The van der Waals surface area contributed by atoms with E-state index in [1.807, 2.05) is 50.2 Å². The van der Waals surface area contributed by atoms with Gasteiger partial charge in [-0.2, -0.15) is 0 Å². The zero-order valence-electron chi connectivity index (χ0n) is 12.8. The molecule has 0 bridgehead atoms. The van der Waals surface area contributed by atoms with E-state index in [9.17, 15) is 9.18 Å². The van der Waals surface area contributed by atoms with Crippen LogP contribution in [-0.2, 0) is 10.5 Å². The lowest BCUT2D eigenvalue weighted by Gasteiger charge is -2.18. The van der Waals surface area contributed by atoms with E-state index in [-0.39, 0.29) is 23.0 Å². The molecule has 4 heteroatoms. The van der Waals surface area contributed by atoms with Crippen LogP contribution in [0.15, 0.2) is 54.6 Å². The zero-order chi connectivity index (χ0) is 15.9. The van der Waals surface area contributed by atoms with Crippen LogP contribution in [0.5, 0.6) is 0 Å². The number of thioether (sulfide) groups is 1. The highest BCUT2D eigenvalue weighted by Gasteiger charge is 2.16. The Balaban J connectivity index is 1.85. The minimum absolute atomic E-state index is 0.0299. The topological polar surface area (TPSA) is 29.1 Å². The monoisotopic (exact) mass is 317 g/mol. The van der Waals surface area contributed by atoms with Crippen molar-refractivity contribution in [3.63, 3.8) is 0 Å². The molecule has 0 aromatic heterocycles. The van der Waals surface area contributed by atoms with Gasteiger partial charge in [-0.05, 0) is 37.1 Å². The van der Waals surface area contributed by atoms with Gasteiger partial charge in [-0.1, -0.05) is 42.5 Å². The maximum Gasteiger partial charge on any atom is 0.233 e. The lowest BCUT2D eigenvalue weighted by molar-refractivity contribution is -0.120. The number of nitrogens with one attached hydrogen (secondary N) is 1. The molecule has 116 valence electrons. The van der Waals surface area contributed by atoms with Crippen LogP contribution in [0.4, 0.5) is 4.39 Å². The molecule has 22 heavy (non-hydrogen) atoms. The fraction of sp³-hybridized carbons (Fsp3) is 0.278. The number of benzene rings is 2. The molecule has 0 aliphatic heterocycles. The fourth-order valence-electron chi connectivity index (χ4n) is 2.06. The van der Waals surface area contributed by atoms with E-state index in [0.29, 0.717) is 0 Å². The quantitative estimate of drug-likeness (QED) is 0.859. The third-order valence-electron chi connectivity index (χ3n) is 3.42. The minimum Gasteiger partial charge on any atom is -0.349 e. The van der Waals surface area contributed by atoms with Crippen molar-refractivity contribution in [2.24, 2.45) is 0 Å².